The highest BCUT2D eigenvalue weighted by Gasteiger charge is 2.25. The number of halogens is 3. The molecule has 0 spiro atoms. The van der Waals surface area contributed by atoms with E-state index in [1.54, 1.807) is 6.07 Å². The Morgan fingerprint density at radius 3 is 2.40 bits per heavy atom. The highest BCUT2D eigenvalue weighted by molar-refractivity contribution is 6.01. The summed E-state index contributed by atoms with van der Waals surface area (Å²) < 4.78 is 40.8. The van der Waals surface area contributed by atoms with E-state index >= 15 is 0 Å². The summed E-state index contributed by atoms with van der Waals surface area (Å²) in [6.07, 6.45) is 1.41. The van der Waals surface area contributed by atoms with Gasteiger partial charge in [0.25, 0.3) is 5.91 Å². The Kier molecular flexibility index (Phi) is 6.31. The van der Waals surface area contributed by atoms with Crippen LogP contribution in [0.25, 0.3) is 0 Å². The fourth-order valence-corrected chi connectivity index (χ4v) is 2.72. The smallest absolute Gasteiger partial charge is 0.255 e. The van der Waals surface area contributed by atoms with E-state index in [4.69, 9.17) is 0 Å². The van der Waals surface area contributed by atoms with Gasteiger partial charge in [0, 0.05) is 13.2 Å². The number of carbonyl (C=O) groups is 2. The number of pyridine rings is 1. The van der Waals surface area contributed by atoms with Gasteiger partial charge in [-0.2, -0.15) is 0 Å². The number of benzene rings is 2. The van der Waals surface area contributed by atoms with Gasteiger partial charge in [-0.25, -0.2) is 18.2 Å². The predicted octanol–water partition coefficient (Wildman–Crippen LogP) is 3.46. The van der Waals surface area contributed by atoms with E-state index in [1.165, 1.54) is 49.6 Å². The number of rotatable bonds is 6. The number of likely N-dealkylation sites (N-methyl/N-ethyl adjacent to an activating group) is 1. The summed E-state index contributed by atoms with van der Waals surface area (Å²) in [5, 5.41) is 7.58. The van der Waals surface area contributed by atoms with Crippen LogP contribution in [0, 0.1) is 17.5 Å². The van der Waals surface area contributed by atoms with Crippen molar-refractivity contribution in [3.05, 3.63) is 89.4 Å². The number of para-hydroxylation sites is 1. The second-order valence-corrected chi connectivity index (χ2v) is 6.20. The molecular formula is C21H17F3N4O2. The quantitative estimate of drug-likeness (QED) is 0.577. The van der Waals surface area contributed by atoms with E-state index in [0.29, 0.717) is 0 Å². The lowest BCUT2D eigenvalue weighted by Crippen LogP contribution is -2.39. The lowest BCUT2D eigenvalue weighted by Gasteiger charge is -2.19. The molecular weight excluding hydrogens is 397 g/mol. The third kappa shape index (κ3) is 4.57. The van der Waals surface area contributed by atoms with Gasteiger partial charge in [0.2, 0.25) is 5.91 Å². The van der Waals surface area contributed by atoms with Crippen molar-refractivity contribution in [2.24, 2.45) is 0 Å². The average molecular weight is 414 g/mol. The van der Waals surface area contributed by atoms with Crippen molar-refractivity contribution >= 4 is 23.3 Å². The molecule has 2 aromatic carbocycles. The maximum atomic E-state index is 14.0. The van der Waals surface area contributed by atoms with Crippen molar-refractivity contribution in [1.29, 1.82) is 0 Å². The molecule has 1 heterocycles. The van der Waals surface area contributed by atoms with Crippen LogP contribution in [0.4, 0.5) is 24.7 Å². The summed E-state index contributed by atoms with van der Waals surface area (Å²) in [6, 6.07) is 10.4. The minimum Gasteiger partial charge on any atom is -0.357 e. The number of aromatic nitrogens is 1. The molecule has 2 amide bonds. The monoisotopic (exact) mass is 414 g/mol. The molecule has 0 radical (unpaired) electrons. The number of carbonyl (C=O) groups excluding carboxylic acids is 2. The molecule has 1 atom stereocenters. The largest absolute Gasteiger partial charge is 0.357 e. The van der Waals surface area contributed by atoms with Crippen molar-refractivity contribution in [2.75, 3.05) is 12.4 Å². The predicted molar refractivity (Wildman–Crippen MR) is 105 cm³/mol. The first-order valence-electron chi connectivity index (χ1n) is 8.84. The number of anilines is 2. The van der Waals surface area contributed by atoms with Crippen molar-refractivity contribution in [3.63, 3.8) is 0 Å². The van der Waals surface area contributed by atoms with E-state index in [2.05, 4.69) is 20.9 Å². The zero-order valence-corrected chi connectivity index (χ0v) is 15.7. The average Bonchev–Trinajstić information content (AvgIpc) is 2.75. The lowest BCUT2D eigenvalue weighted by atomic mass is 10.0. The molecule has 9 heteroatoms. The summed E-state index contributed by atoms with van der Waals surface area (Å²) in [6.45, 7) is 0. The molecule has 0 aliphatic carbocycles. The van der Waals surface area contributed by atoms with E-state index in [-0.39, 0.29) is 22.6 Å². The molecule has 1 unspecified atom stereocenters. The number of hydrogen-bond donors (Lipinski definition) is 3. The summed E-state index contributed by atoms with van der Waals surface area (Å²) in [5.74, 6) is -4.08. The molecule has 0 aliphatic rings. The molecule has 6 nitrogen and oxygen atoms in total. The Balaban J connectivity index is 1.90. The van der Waals surface area contributed by atoms with Gasteiger partial charge < -0.3 is 16.0 Å². The molecule has 0 saturated heterocycles. The van der Waals surface area contributed by atoms with Gasteiger partial charge in [-0.05, 0) is 42.0 Å². The summed E-state index contributed by atoms with van der Waals surface area (Å²) in [5.41, 5.74) is 0.181. The van der Waals surface area contributed by atoms with Crippen LogP contribution in [0.5, 0.6) is 0 Å². The van der Waals surface area contributed by atoms with Gasteiger partial charge in [0.05, 0.1) is 11.3 Å². The fraction of sp³-hybridized carbons (Fsp3) is 0.0952. The van der Waals surface area contributed by atoms with E-state index in [1.807, 2.05) is 0 Å². The second kappa shape index (κ2) is 9.08. The van der Waals surface area contributed by atoms with Gasteiger partial charge in [0.1, 0.15) is 17.7 Å². The first-order valence-corrected chi connectivity index (χ1v) is 8.84. The number of amides is 2. The number of hydrogen-bond acceptors (Lipinski definition) is 4. The minimum atomic E-state index is -1.29. The summed E-state index contributed by atoms with van der Waals surface area (Å²) in [4.78, 5) is 29.2. The van der Waals surface area contributed by atoms with Crippen molar-refractivity contribution in [1.82, 2.24) is 15.6 Å². The molecule has 0 fully saturated rings. The summed E-state index contributed by atoms with van der Waals surface area (Å²) in [7, 11) is 1.34. The summed E-state index contributed by atoms with van der Waals surface area (Å²) >= 11 is 0. The molecule has 3 aromatic rings. The van der Waals surface area contributed by atoms with Crippen LogP contribution in [0.2, 0.25) is 0 Å². The first-order chi connectivity index (χ1) is 14.4. The molecule has 30 heavy (non-hydrogen) atoms. The highest BCUT2D eigenvalue weighted by Crippen LogP contribution is 2.22. The van der Waals surface area contributed by atoms with Crippen molar-refractivity contribution in [2.45, 2.75) is 6.04 Å². The molecule has 0 bridgehead atoms. The van der Waals surface area contributed by atoms with Crippen LogP contribution < -0.4 is 16.0 Å². The number of nitrogens with one attached hydrogen (secondary N) is 3. The van der Waals surface area contributed by atoms with Gasteiger partial charge in [0.15, 0.2) is 11.6 Å². The molecule has 3 rings (SSSR count). The van der Waals surface area contributed by atoms with Gasteiger partial charge >= 0.3 is 0 Å². The molecule has 154 valence electrons. The SMILES string of the molecule is CNC(=O)C(NC(=O)c1cccnc1Nc1ccccc1F)c1ccc(F)c(F)c1. The standard InChI is InChI=1S/C21H17F3N4O2/c1-25-21(30)18(12-8-9-14(22)16(24)11-12)28-20(29)13-5-4-10-26-19(13)27-17-7-3-2-6-15(17)23/h2-11,18H,1H3,(H,25,30)(H,26,27)(H,28,29). The van der Waals surface area contributed by atoms with Crippen LogP contribution >= 0.6 is 0 Å². The van der Waals surface area contributed by atoms with E-state index in [0.717, 1.165) is 12.1 Å². The molecule has 1 aromatic heterocycles. The Morgan fingerprint density at radius 2 is 1.70 bits per heavy atom. The Hall–Kier alpha value is -3.88. The Bertz CT molecular complexity index is 1090. The van der Waals surface area contributed by atoms with E-state index < -0.39 is 35.3 Å². The van der Waals surface area contributed by atoms with Gasteiger partial charge in [-0.15, -0.1) is 0 Å². The molecule has 0 aliphatic heterocycles. The van der Waals surface area contributed by atoms with Crippen LogP contribution in [-0.4, -0.2) is 23.8 Å². The second-order valence-electron chi connectivity index (χ2n) is 6.20. The van der Waals surface area contributed by atoms with Gasteiger partial charge in [-0.1, -0.05) is 18.2 Å². The van der Waals surface area contributed by atoms with Crippen LogP contribution in [0.3, 0.4) is 0 Å². The first kappa shape index (κ1) is 20.8. The Labute approximate surface area is 170 Å². The zero-order valence-electron chi connectivity index (χ0n) is 15.7. The number of nitrogens with zero attached hydrogens (tertiary/aromatic N) is 1. The van der Waals surface area contributed by atoms with Gasteiger partial charge in [-0.3, -0.25) is 9.59 Å². The fourth-order valence-electron chi connectivity index (χ4n) is 2.72. The zero-order chi connectivity index (χ0) is 21.7. The van der Waals surface area contributed by atoms with Crippen LogP contribution in [0.15, 0.2) is 60.8 Å². The maximum Gasteiger partial charge on any atom is 0.255 e. The van der Waals surface area contributed by atoms with Crippen molar-refractivity contribution in [3.8, 4) is 0 Å². The topological polar surface area (TPSA) is 83.1 Å². The maximum absolute atomic E-state index is 14.0. The van der Waals surface area contributed by atoms with Crippen molar-refractivity contribution < 1.29 is 22.8 Å². The third-order valence-corrected chi connectivity index (χ3v) is 4.24. The minimum absolute atomic E-state index is 0.0252. The van der Waals surface area contributed by atoms with E-state index in [9.17, 15) is 22.8 Å². The highest BCUT2D eigenvalue weighted by atomic mass is 19.2. The molecule has 3 N–H and O–H groups in total. The lowest BCUT2D eigenvalue weighted by molar-refractivity contribution is -0.122. The normalized spacial score (nSPS) is 11.5. The van der Waals surface area contributed by atoms with Crippen LogP contribution in [0.1, 0.15) is 22.0 Å². The molecule has 0 saturated carbocycles. The third-order valence-electron chi connectivity index (χ3n) is 4.24. The Morgan fingerprint density at radius 1 is 0.933 bits per heavy atom. The van der Waals surface area contributed by atoms with Crippen LogP contribution in [-0.2, 0) is 4.79 Å².